The predicted octanol–water partition coefficient (Wildman–Crippen LogP) is 3.61. The Kier molecular flexibility index (Phi) is 4.55. The van der Waals surface area contributed by atoms with Gasteiger partial charge in [-0.05, 0) is 49.3 Å². The van der Waals surface area contributed by atoms with Crippen LogP contribution >= 0.6 is 0 Å². The molecule has 1 aliphatic rings. The van der Waals surface area contributed by atoms with Gasteiger partial charge in [0.15, 0.2) is 0 Å². The highest BCUT2D eigenvalue weighted by molar-refractivity contribution is 5.33. The van der Waals surface area contributed by atoms with Crippen molar-refractivity contribution >= 4 is 0 Å². The average molecular weight is 260 g/mol. The first kappa shape index (κ1) is 14.0. The van der Waals surface area contributed by atoms with Gasteiger partial charge in [-0.25, -0.2) is 4.39 Å². The van der Waals surface area contributed by atoms with Crippen LogP contribution in [-0.2, 0) is 6.54 Å². The van der Waals surface area contributed by atoms with Crippen LogP contribution in [0.25, 0.3) is 0 Å². The van der Waals surface area contributed by atoms with Crippen molar-refractivity contribution in [2.24, 2.45) is 11.8 Å². The lowest BCUT2D eigenvalue weighted by Gasteiger charge is -2.32. The summed E-state index contributed by atoms with van der Waals surface area (Å²) in [5.41, 5.74) is 1.11. The average Bonchev–Trinajstić information content (AvgIpc) is 2.41. The summed E-state index contributed by atoms with van der Waals surface area (Å²) in [6.45, 7) is 5.10. The number of halogens is 1. The molecule has 3 atom stereocenters. The van der Waals surface area contributed by atoms with E-state index in [2.05, 4.69) is 25.2 Å². The van der Waals surface area contributed by atoms with Crippen LogP contribution in [0, 0.1) is 29.0 Å². The van der Waals surface area contributed by atoms with Crippen LogP contribution in [0.3, 0.4) is 0 Å². The van der Waals surface area contributed by atoms with Gasteiger partial charge in [0.1, 0.15) is 5.82 Å². The summed E-state index contributed by atoms with van der Waals surface area (Å²) in [7, 11) is 0. The summed E-state index contributed by atoms with van der Waals surface area (Å²) < 4.78 is 13.6. The molecule has 0 bridgehead atoms. The number of nitrogens with one attached hydrogen (secondary N) is 1. The lowest BCUT2D eigenvalue weighted by atomic mass is 9.79. The van der Waals surface area contributed by atoms with E-state index in [0.717, 1.165) is 24.7 Å². The van der Waals surface area contributed by atoms with E-state index in [1.54, 1.807) is 6.07 Å². The van der Waals surface area contributed by atoms with E-state index >= 15 is 0 Å². The van der Waals surface area contributed by atoms with Gasteiger partial charge in [-0.1, -0.05) is 13.8 Å². The van der Waals surface area contributed by atoms with Crippen molar-refractivity contribution in [3.63, 3.8) is 0 Å². The first-order valence-electron chi connectivity index (χ1n) is 7.02. The molecule has 1 aliphatic carbocycles. The number of benzene rings is 1. The molecule has 19 heavy (non-hydrogen) atoms. The van der Waals surface area contributed by atoms with Gasteiger partial charge in [-0.3, -0.25) is 0 Å². The smallest absolute Gasteiger partial charge is 0.127 e. The third kappa shape index (κ3) is 3.54. The van der Waals surface area contributed by atoms with Gasteiger partial charge in [0.2, 0.25) is 0 Å². The number of rotatable bonds is 3. The maximum absolute atomic E-state index is 13.6. The zero-order chi connectivity index (χ0) is 13.8. The molecule has 0 radical (unpaired) electrons. The maximum atomic E-state index is 13.6. The molecule has 3 unspecified atom stereocenters. The van der Waals surface area contributed by atoms with E-state index < -0.39 is 0 Å². The van der Waals surface area contributed by atoms with Gasteiger partial charge in [0.05, 0.1) is 11.6 Å². The van der Waals surface area contributed by atoms with Crippen LogP contribution in [-0.4, -0.2) is 6.04 Å². The molecule has 2 rings (SSSR count). The minimum Gasteiger partial charge on any atom is -0.310 e. The largest absolute Gasteiger partial charge is 0.310 e. The number of nitrogens with zero attached hydrogens (tertiary/aromatic N) is 1. The highest BCUT2D eigenvalue weighted by atomic mass is 19.1. The lowest BCUT2D eigenvalue weighted by Crippen LogP contribution is -2.35. The van der Waals surface area contributed by atoms with Crippen LogP contribution in [0.4, 0.5) is 4.39 Å². The second-order valence-corrected chi connectivity index (χ2v) is 5.76. The SMILES string of the molecule is CC1CCC(NCc2cc(C#N)ccc2F)CC1C. The first-order valence-corrected chi connectivity index (χ1v) is 7.02. The predicted molar refractivity (Wildman–Crippen MR) is 73.9 cm³/mol. The molecule has 1 saturated carbocycles. The summed E-state index contributed by atoms with van der Waals surface area (Å²) in [6.07, 6.45) is 3.55. The van der Waals surface area contributed by atoms with Gasteiger partial charge < -0.3 is 5.32 Å². The fraction of sp³-hybridized carbons (Fsp3) is 0.562. The summed E-state index contributed by atoms with van der Waals surface area (Å²) in [4.78, 5) is 0. The Labute approximate surface area is 114 Å². The first-order chi connectivity index (χ1) is 9.10. The summed E-state index contributed by atoms with van der Waals surface area (Å²) in [6, 6.07) is 7.05. The highest BCUT2D eigenvalue weighted by Crippen LogP contribution is 2.29. The Hall–Kier alpha value is -1.40. The number of hydrogen-bond acceptors (Lipinski definition) is 2. The molecule has 2 nitrogen and oxygen atoms in total. The van der Waals surface area contributed by atoms with Crippen molar-refractivity contribution in [3.8, 4) is 6.07 Å². The van der Waals surface area contributed by atoms with Gasteiger partial charge in [-0.2, -0.15) is 5.26 Å². The van der Waals surface area contributed by atoms with Crippen molar-refractivity contribution in [2.75, 3.05) is 0 Å². The molecule has 0 aromatic heterocycles. The monoisotopic (exact) mass is 260 g/mol. The van der Waals surface area contributed by atoms with Gasteiger partial charge in [0.25, 0.3) is 0 Å². The van der Waals surface area contributed by atoms with Crippen LogP contribution in [0.15, 0.2) is 18.2 Å². The minimum absolute atomic E-state index is 0.233. The highest BCUT2D eigenvalue weighted by Gasteiger charge is 2.24. The van der Waals surface area contributed by atoms with Crippen LogP contribution < -0.4 is 5.32 Å². The fourth-order valence-corrected chi connectivity index (χ4v) is 2.77. The molecule has 102 valence electrons. The maximum Gasteiger partial charge on any atom is 0.127 e. The third-order valence-corrected chi connectivity index (χ3v) is 4.35. The van der Waals surface area contributed by atoms with Crippen LogP contribution in [0.2, 0.25) is 0 Å². The normalized spacial score (nSPS) is 26.9. The molecule has 1 aromatic rings. The second-order valence-electron chi connectivity index (χ2n) is 5.76. The molecule has 0 heterocycles. The molecule has 0 saturated heterocycles. The van der Waals surface area contributed by atoms with Gasteiger partial charge in [-0.15, -0.1) is 0 Å². The molecule has 1 N–H and O–H groups in total. The Balaban J connectivity index is 1.94. The molecular formula is C16H21FN2. The molecule has 0 spiro atoms. The topological polar surface area (TPSA) is 35.8 Å². The molecule has 3 heteroatoms. The van der Waals surface area contributed by atoms with Crippen LogP contribution in [0.1, 0.15) is 44.2 Å². The lowest BCUT2D eigenvalue weighted by molar-refractivity contribution is 0.225. The number of hydrogen-bond donors (Lipinski definition) is 1. The fourth-order valence-electron chi connectivity index (χ4n) is 2.77. The summed E-state index contributed by atoms with van der Waals surface area (Å²) in [5.74, 6) is 1.28. The zero-order valence-electron chi connectivity index (χ0n) is 11.6. The summed E-state index contributed by atoms with van der Waals surface area (Å²) >= 11 is 0. The quantitative estimate of drug-likeness (QED) is 0.901. The molecular weight excluding hydrogens is 239 g/mol. The second kappa shape index (κ2) is 6.16. The van der Waals surface area contributed by atoms with E-state index in [9.17, 15) is 4.39 Å². The zero-order valence-corrected chi connectivity index (χ0v) is 11.6. The van der Waals surface area contributed by atoms with E-state index in [4.69, 9.17) is 5.26 Å². The van der Waals surface area contributed by atoms with Gasteiger partial charge in [0, 0.05) is 18.2 Å². The Morgan fingerprint density at radius 1 is 1.32 bits per heavy atom. The van der Waals surface area contributed by atoms with Crippen molar-refractivity contribution in [1.82, 2.24) is 5.32 Å². The van der Waals surface area contributed by atoms with Crippen molar-refractivity contribution in [2.45, 2.75) is 45.7 Å². The minimum atomic E-state index is -0.233. The Bertz CT molecular complexity index is 478. The van der Waals surface area contributed by atoms with Crippen molar-refractivity contribution in [1.29, 1.82) is 5.26 Å². The summed E-state index contributed by atoms with van der Waals surface area (Å²) in [5, 5.41) is 12.3. The number of nitriles is 1. The van der Waals surface area contributed by atoms with E-state index in [1.165, 1.54) is 18.6 Å². The van der Waals surface area contributed by atoms with E-state index in [1.807, 2.05) is 0 Å². The standard InChI is InChI=1S/C16H21FN2/c1-11-3-5-15(7-12(11)2)19-10-14-8-13(9-18)4-6-16(14)17/h4,6,8,11-12,15,19H,3,5,7,10H2,1-2H3. The molecule has 1 fully saturated rings. The third-order valence-electron chi connectivity index (χ3n) is 4.35. The Morgan fingerprint density at radius 3 is 2.79 bits per heavy atom. The van der Waals surface area contributed by atoms with E-state index in [0.29, 0.717) is 23.7 Å². The van der Waals surface area contributed by atoms with Crippen LogP contribution in [0.5, 0.6) is 0 Å². The molecule has 0 amide bonds. The van der Waals surface area contributed by atoms with Gasteiger partial charge >= 0.3 is 0 Å². The molecule has 1 aromatic carbocycles. The van der Waals surface area contributed by atoms with Crippen molar-refractivity contribution in [3.05, 3.63) is 35.1 Å². The van der Waals surface area contributed by atoms with E-state index in [-0.39, 0.29) is 5.82 Å². The molecule has 0 aliphatic heterocycles. The Morgan fingerprint density at radius 2 is 2.11 bits per heavy atom. The van der Waals surface area contributed by atoms with Crippen molar-refractivity contribution < 1.29 is 4.39 Å².